The van der Waals surface area contributed by atoms with Crippen molar-refractivity contribution in [3.8, 4) is 0 Å². The molecule has 3 N–H and O–H groups in total. The van der Waals surface area contributed by atoms with Crippen LogP contribution in [0.3, 0.4) is 0 Å². The minimum Gasteiger partial charge on any atom is -0.409 e. The third kappa shape index (κ3) is 3.59. The lowest BCUT2D eigenvalue weighted by Gasteiger charge is -2.33. The first kappa shape index (κ1) is 16.7. The molecule has 0 aliphatic heterocycles. The molecule has 1 amide bonds. The molecule has 0 saturated heterocycles. The molecular formula is C10H21N3O4S. The van der Waals surface area contributed by atoms with Crippen LogP contribution in [0.15, 0.2) is 5.16 Å². The van der Waals surface area contributed by atoms with Gasteiger partial charge in [-0.2, -0.15) is 0 Å². The Morgan fingerprint density at radius 1 is 1.44 bits per heavy atom. The molecule has 0 spiro atoms. The summed E-state index contributed by atoms with van der Waals surface area (Å²) in [5.74, 6) is -0.729. The van der Waals surface area contributed by atoms with Crippen LogP contribution in [0.2, 0.25) is 0 Å². The number of carbonyl (C=O) groups excluding carboxylic acids is 1. The Hall–Kier alpha value is -1.31. The average molecular weight is 279 g/mol. The Morgan fingerprint density at radius 2 is 1.89 bits per heavy atom. The van der Waals surface area contributed by atoms with E-state index in [4.69, 9.17) is 10.9 Å². The predicted octanol–water partition coefficient (Wildman–Crippen LogP) is -0.207. The van der Waals surface area contributed by atoms with Gasteiger partial charge in [0.15, 0.2) is 15.7 Å². The monoisotopic (exact) mass is 279 g/mol. The van der Waals surface area contributed by atoms with Crippen molar-refractivity contribution in [2.45, 2.75) is 38.5 Å². The van der Waals surface area contributed by atoms with Crippen LogP contribution in [0.1, 0.15) is 27.7 Å². The average Bonchev–Trinajstić information content (AvgIpc) is 2.22. The molecule has 0 aromatic rings. The summed E-state index contributed by atoms with van der Waals surface area (Å²) in [5, 5.41) is 11.3. The fourth-order valence-corrected chi connectivity index (χ4v) is 1.63. The molecule has 8 heteroatoms. The minimum absolute atomic E-state index is 0.119. The second kappa shape index (κ2) is 5.55. The summed E-state index contributed by atoms with van der Waals surface area (Å²) >= 11 is 0. The molecule has 0 fully saturated rings. The third-order valence-corrected chi connectivity index (χ3v) is 4.82. The number of nitrogens with two attached hydrogens (primary N) is 1. The van der Waals surface area contributed by atoms with E-state index in [0.717, 1.165) is 6.26 Å². The molecule has 0 atom stereocenters. The molecule has 0 unspecified atom stereocenters. The van der Waals surface area contributed by atoms with Gasteiger partial charge in [-0.05, 0) is 27.7 Å². The van der Waals surface area contributed by atoms with Gasteiger partial charge in [0.1, 0.15) is 4.75 Å². The van der Waals surface area contributed by atoms with E-state index in [-0.39, 0.29) is 18.4 Å². The summed E-state index contributed by atoms with van der Waals surface area (Å²) < 4.78 is 21.7. The number of nitrogens with zero attached hydrogens (tertiary/aromatic N) is 2. The smallest absolute Gasteiger partial charge is 0.244 e. The fourth-order valence-electron chi connectivity index (χ4n) is 1.20. The van der Waals surface area contributed by atoms with E-state index in [1.165, 1.54) is 18.7 Å². The van der Waals surface area contributed by atoms with E-state index in [9.17, 15) is 13.2 Å². The van der Waals surface area contributed by atoms with E-state index in [0.29, 0.717) is 0 Å². The van der Waals surface area contributed by atoms with Gasteiger partial charge >= 0.3 is 0 Å². The van der Waals surface area contributed by atoms with Crippen LogP contribution >= 0.6 is 0 Å². The Bertz CT molecular complexity index is 440. The summed E-state index contributed by atoms with van der Waals surface area (Å²) in [5.41, 5.74) is 5.36. The van der Waals surface area contributed by atoms with Crippen molar-refractivity contribution in [1.82, 2.24) is 4.90 Å². The lowest BCUT2D eigenvalue weighted by molar-refractivity contribution is -0.134. The minimum atomic E-state index is -3.56. The zero-order valence-corrected chi connectivity index (χ0v) is 12.2. The third-order valence-electron chi connectivity index (χ3n) is 2.79. The normalized spacial score (nSPS) is 13.8. The summed E-state index contributed by atoms with van der Waals surface area (Å²) in [4.78, 5) is 13.5. The predicted molar refractivity (Wildman–Crippen MR) is 69.2 cm³/mol. The van der Waals surface area contributed by atoms with E-state index >= 15 is 0 Å². The fraction of sp³-hybridized carbons (Fsp3) is 0.800. The Kier molecular flexibility index (Phi) is 5.15. The summed E-state index contributed by atoms with van der Waals surface area (Å²) in [7, 11) is -3.56. The van der Waals surface area contributed by atoms with Gasteiger partial charge < -0.3 is 15.8 Å². The molecule has 0 aromatic carbocycles. The largest absolute Gasteiger partial charge is 0.409 e. The van der Waals surface area contributed by atoms with Crippen LogP contribution in [0.5, 0.6) is 0 Å². The van der Waals surface area contributed by atoms with Gasteiger partial charge in [-0.25, -0.2) is 8.42 Å². The lowest BCUT2D eigenvalue weighted by Crippen LogP contribution is -2.54. The maximum Gasteiger partial charge on any atom is 0.244 e. The number of hydrogen-bond donors (Lipinski definition) is 2. The van der Waals surface area contributed by atoms with Gasteiger partial charge in [0.05, 0.1) is 6.54 Å². The summed E-state index contributed by atoms with van der Waals surface area (Å²) in [6, 6.07) is -0.265. The van der Waals surface area contributed by atoms with Gasteiger partial charge in [0, 0.05) is 12.3 Å². The Labute approximate surface area is 108 Å². The highest BCUT2D eigenvalue weighted by Crippen LogP contribution is 2.20. The molecule has 0 aliphatic rings. The maximum absolute atomic E-state index is 12.3. The first-order valence-electron chi connectivity index (χ1n) is 5.42. The van der Waals surface area contributed by atoms with E-state index in [1.54, 1.807) is 13.8 Å². The molecule has 0 radical (unpaired) electrons. The SMILES string of the molecule is CC(C)N(CC(N)=NO)C(=O)C(C)(C)S(C)(=O)=O. The first-order chi connectivity index (χ1) is 7.95. The van der Waals surface area contributed by atoms with Crippen molar-refractivity contribution in [2.24, 2.45) is 10.9 Å². The summed E-state index contributed by atoms with van der Waals surface area (Å²) in [6.07, 6.45) is 1.01. The van der Waals surface area contributed by atoms with Crippen LogP contribution < -0.4 is 5.73 Å². The standard InChI is InChI=1S/C10H21N3O4S/c1-7(2)13(6-8(11)12-15)9(14)10(3,4)18(5,16)17/h7,15H,6H2,1-5H3,(H2,11,12). The number of amidine groups is 1. The van der Waals surface area contributed by atoms with Gasteiger partial charge in [-0.1, -0.05) is 5.16 Å². The van der Waals surface area contributed by atoms with Crippen molar-refractivity contribution in [1.29, 1.82) is 0 Å². The highest BCUT2D eigenvalue weighted by atomic mass is 32.2. The van der Waals surface area contributed by atoms with Gasteiger partial charge in [-0.15, -0.1) is 0 Å². The van der Waals surface area contributed by atoms with Crippen molar-refractivity contribution in [3.63, 3.8) is 0 Å². The van der Waals surface area contributed by atoms with Gasteiger partial charge in [0.25, 0.3) is 0 Å². The van der Waals surface area contributed by atoms with E-state index in [1.807, 2.05) is 0 Å². The Balaban J connectivity index is 5.36. The van der Waals surface area contributed by atoms with Crippen LogP contribution in [-0.4, -0.2) is 53.9 Å². The van der Waals surface area contributed by atoms with Crippen molar-refractivity contribution in [3.05, 3.63) is 0 Å². The number of amides is 1. The van der Waals surface area contributed by atoms with Gasteiger partial charge in [0.2, 0.25) is 5.91 Å². The van der Waals surface area contributed by atoms with Crippen LogP contribution in [0.25, 0.3) is 0 Å². The zero-order chi connectivity index (χ0) is 14.7. The highest BCUT2D eigenvalue weighted by molar-refractivity contribution is 7.92. The van der Waals surface area contributed by atoms with E-state index < -0.39 is 20.5 Å². The summed E-state index contributed by atoms with van der Waals surface area (Å²) in [6.45, 7) is 6.01. The second-order valence-electron chi connectivity index (χ2n) is 4.90. The molecule has 0 saturated carbocycles. The van der Waals surface area contributed by atoms with Crippen LogP contribution in [0.4, 0.5) is 0 Å². The van der Waals surface area contributed by atoms with Crippen molar-refractivity contribution < 1.29 is 18.4 Å². The lowest BCUT2D eigenvalue weighted by atomic mass is 10.1. The number of rotatable bonds is 5. The molecule has 0 rings (SSSR count). The molecule has 7 nitrogen and oxygen atoms in total. The maximum atomic E-state index is 12.3. The molecule has 0 aromatic heterocycles. The highest BCUT2D eigenvalue weighted by Gasteiger charge is 2.42. The Morgan fingerprint density at radius 3 is 2.17 bits per heavy atom. The van der Waals surface area contributed by atoms with Gasteiger partial charge in [-0.3, -0.25) is 4.79 Å². The van der Waals surface area contributed by atoms with Crippen LogP contribution in [0, 0.1) is 0 Å². The first-order valence-corrected chi connectivity index (χ1v) is 7.31. The molecule has 106 valence electrons. The number of sulfone groups is 1. The molecule has 0 bridgehead atoms. The zero-order valence-electron chi connectivity index (χ0n) is 11.3. The molecule has 0 heterocycles. The quantitative estimate of drug-likeness (QED) is 0.313. The second-order valence-corrected chi connectivity index (χ2v) is 7.47. The molecule has 18 heavy (non-hydrogen) atoms. The topological polar surface area (TPSA) is 113 Å². The number of hydrogen-bond acceptors (Lipinski definition) is 5. The molecule has 0 aliphatic carbocycles. The van der Waals surface area contributed by atoms with E-state index in [2.05, 4.69) is 5.16 Å². The number of carbonyl (C=O) groups is 1. The van der Waals surface area contributed by atoms with Crippen molar-refractivity contribution in [2.75, 3.05) is 12.8 Å². The van der Waals surface area contributed by atoms with Crippen molar-refractivity contribution >= 4 is 21.6 Å². The number of oxime groups is 1. The molecular weight excluding hydrogens is 258 g/mol. The van der Waals surface area contributed by atoms with Crippen LogP contribution in [-0.2, 0) is 14.6 Å².